The molecule has 2 saturated heterocycles. The van der Waals surface area contributed by atoms with Crippen LogP contribution >= 0.6 is 0 Å². The van der Waals surface area contributed by atoms with Crippen LogP contribution in [-0.2, 0) is 18.9 Å². The fraction of sp³-hybridized carbons (Fsp3) is 1.00. The van der Waals surface area contributed by atoms with E-state index in [2.05, 4.69) is 41.5 Å². The molecule has 0 aromatic carbocycles. The average Bonchev–Trinajstić information content (AvgIpc) is 3.42. The van der Waals surface area contributed by atoms with Crippen LogP contribution in [-0.4, -0.2) is 127 Å². The Kier molecular flexibility index (Phi) is 9.96. The first-order chi connectivity index (χ1) is 24.0. The van der Waals surface area contributed by atoms with Crippen molar-refractivity contribution in [2.24, 2.45) is 56.7 Å². The highest BCUT2D eigenvalue weighted by Crippen LogP contribution is 2.78. The van der Waals surface area contributed by atoms with Crippen molar-refractivity contribution in [1.29, 1.82) is 0 Å². The van der Waals surface area contributed by atoms with Crippen LogP contribution in [0.1, 0.15) is 107 Å². The van der Waals surface area contributed by atoms with Gasteiger partial charge >= 0.3 is 0 Å². The quantitative estimate of drug-likeness (QED) is 0.191. The predicted molar refractivity (Wildman–Crippen MR) is 188 cm³/mol. The maximum absolute atomic E-state index is 12.5. The Bertz CT molecular complexity index is 1320. The first kappa shape index (κ1) is 39.7. The minimum Gasteiger partial charge on any atom is -0.393 e. The van der Waals surface area contributed by atoms with Crippen LogP contribution in [0.15, 0.2) is 0 Å². The molecular formula is C40H68O12. The highest BCUT2D eigenvalue weighted by Gasteiger charge is 2.74. The molecular weight excluding hydrogens is 672 g/mol. The zero-order chi connectivity index (χ0) is 38.1. The van der Waals surface area contributed by atoms with Crippen molar-refractivity contribution in [2.75, 3.05) is 13.2 Å². The van der Waals surface area contributed by atoms with Crippen molar-refractivity contribution >= 4 is 0 Å². The molecule has 5 saturated carbocycles. The van der Waals surface area contributed by atoms with Crippen molar-refractivity contribution < 1.29 is 59.8 Å². The summed E-state index contributed by atoms with van der Waals surface area (Å²) in [6.07, 6.45) is -4.98. The third-order valence-corrected chi connectivity index (χ3v) is 17.1. The lowest BCUT2D eigenvalue weighted by molar-refractivity contribution is -0.334. The van der Waals surface area contributed by atoms with Crippen LogP contribution in [0.4, 0.5) is 0 Å². The van der Waals surface area contributed by atoms with E-state index in [0.29, 0.717) is 25.2 Å². The number of hydrogen-bond acceptors (Lipinski definition) is 12. The first-order valence-corrected chi connectivity index (χ1v) is 20.1. The maximum Gasteiger partial charge on any atom is 0.186 e. The monoisotopic (exact) mass is 740 g/mol. The zero-order valence-corrected chi connectivity index (χ0v) is 32.5. The van der Waals surface area contributed by atoms with Gasteiger partial charge in [-0.05, 0) is 122 Å². The van der Waals surface area contributed by atoms with E-state index >= 15 is 0 Å². The Balaban J connectivity index is 1.21. The van der Waals surface area contributed by atoms with Gasteiger partial charge in [0.15, 0.2) is 12.6 Å². The lowest BCUT2D eigenvalue weighted by Gasteiger charge is -2.74. The summed E-state index contributed by atoms with van der Waals surface area (Å²) >= 11 is 0. The summed E-state index contributed by atoms with van der Waals surface area (Å²) in [4.78, 5) is 0. The molecule has 12 heteroatoms. The molecule has 20 atom stereocenters. The molecule has 8 N–H and O–H groups in total. The second-order valence-corrected chi connectivity index (χ2v) is 20.5. The van der Waals surface area contributed by atoms with Crippen LogP contribution in [0.25, 0.3) is 0 Å². The Hall–Kier alpha value is -0.480. The third kappa shape index (κ3) is 5.66. The van der Waals surface area contributed by atoms with Crippen LogP contribution in [0.5, 0.6) is 0 Å². The highest BCUT2D eigenvalue weighted by atomic mass is 16.7. The van der Waals surface area contributed by atoms with E-state index in [1.165, 1.54) is 0 Å². The van der Waals surface area contributed by atoms with Gasteiger partial charge in [-0.25, -0.2) is 0 Å². The lowest BCUT2D eigenvalue weighted by atomic mass is 9.31. The number of aliphatic hydroxyl groups is 8. The smallest absolute Gasteiger partial charge is 0.186 e. The van der Waals surface area contributed by atoms with Crippen LogP contribution < -0.4 is 0 Å². The van der Waals surface area contributed by atoms with Gasteiger partial charge in [-0.3, -0.25) is 0 Å². The molecule has 12 nitrogen and oxygen atoms in total. The molecule has 0 spiro atoms. The first-order valence-electron chi connectivity index (χ1n) is 20.1. The Morgan fingerprint density at radius 2 is 1.10 bits per heavy atom. The van der Waals surface area contributed by atoms with Crippen molar-refractivity contribution in [3.63, 3.8) is 0 Å². The molecule has 20 unspecified atom stereocenters. The summed E-state index contributed by atoms with van der Waals surface area (Å²) in [7, 11) is 0. The summed E-state index contributed by atoms with van der Waals surface area (Å²) in [5.41, 5.74) is -2.48. The molecule has 300 valence electrons. The van der Waals surface area contributed by atoms with E-state index in [9.17, 15) is 40.9 Å². The number of fused-ring (bicyclic) bond motifs is 7. The van der Waals surface area contributed by atoms with Gasteiger partial charge in [0, 0.05) is 0 Å². The van der Waals surface area contributed by atoms with Crippen molar-refractivity contribution in [3.8, 4) is 0 Å². The minimum absolute atomic E-state index is 0.0223. The maximum atomic E-state index is 12.5. The lowest BCUT2D eigenvalue weighted by Crippen LogP contribution is -2.71. The van der Waals surface area contributed by atoms with Gasteiger partial charge in [0.25, 0.3) is 0 Å². The Morgan fingerprint density at radius 1 is 0.596 bits per heavy atom. The SMILES string of the molecule is CC(C)(O)C1CCC2(C)C1C(OC1OCC(O)C(O)C1O)CC1(C)C2CCC2C3(C)CCC(OC4OCC(O)C(O)C4O)C(C)(C)C3C(O)CC21C. The average molecular weight is 741 g/mol. The van der Waals surface area contributed by atoms with Gasteiger partial charge in [-0.1, -0.05) is 41.5 Å². The van der Waals surface area contributed by atoms with E-state index in [1.54, 1.807) is 0 Å². The minimum atomic E-state index is -1.42. The van der Waals surface area contributed by atoms with Crippen LogP contribution in [0.2, 0.25) is 0 Å². The summed E-state index contributed by atoms with van der Waals surface area (Å²) in [5, 5.41) is 86.9. The van der Waals surface area contributed by atoms with Gasteiger partial charge in [-0.2, -0.15) is 0 Å². The summed E-state index contributed by atoms with van der Waals surface area (Å²) in [6.45, 7) is 17.3. The van der Waals surface area contributed by atoms with Crippen LogP contribution in [0, 0.1) is 56.7 Å². The Labute approximate surface area is 309 Å². The van der Waals surface area contributed by atoms with Crippen LogP contribution in [0.3, 0.4) is 0 Å². The van der Waals surface area contributed by atoms with E-state index < -0.39 is 72.4 Å². The normalized spacial score (nSPS) is 57.7. The van der Waals surface area contributed by atoms with Gasteiger partial charge in [0.05, 0.1) is 37.1 Å². The molecule has 52 heavy (non-hydrogen) atoms. The second-order valence-electron chi connectivity index (χ2n) is 20.5. The van der Waals surface area contributed by atoms with Gasteiger partial charge in [0.1, 0.15) is 36.6 Å². The summed E-state index contributed by atoms with van der Waals surface area (Å²) < 4.78 is 24.7. The zero-order valence-electron chi connectivity index (χ0n) is 32.5. The molecule has 7 rings (SSSR count). The fourth-order valence-electron chi connectivity index (χ4n) is 14.7. The number of rotatable bonds is 5. The van der Waals surface area contributed by atoms with Crippen molar-refractivity contribution in [1.82, 2.24) is 0 Å². The largest absolute Gasteiger partial charge is 0.393 e. The molecule has 0 radical (unpaired) electrons. The molecule has 0 aromatic rings. The molecule has 5 aliphatic carbocycles. The molecule has 0 aromatic heterocycles. The van der Waals surface area contributed by atoms with Gasteiger partial charge < -0.3 is 59.8 Å². The van der Waals surface area contributed by atoms with E-state index in [4.69, 9.17) is 18.9 Å². The molecule has 7 aliphatic rings. The Morgan fingerprint density at radius 3 is 1.65 bits per heavy atom. The van der Waals surface area contributed by atoms with E-state index in [1.807, 2.05) is 13.8 Å². The summed E-state index contributed by atoms with van der Waals surface area (Å²) in [5.74, 6) is 0.390. The van der Waals surface area contributed by atoms with E-state index in [0.717, 1.165) is 32.1 Å². The number of aliphatic hydroxyl groups excluding tert-OH is 7. The van der Waals surface area contributed by atoms with E-state index in [-0.39, 0.29) is 64.6 Å². The number of hydrogen-bond donors (Lipinski definition) is 8. The molecule has 2 heterocycles. The highest BCUT2D eigenvalue weighted by molar-refractivity contribution is 5.23. The fourth-order valence-corrected chi connectivity index (χ4v) is 14.7. The number of ether oxygens (including phenoxy) is 4. The predicted octanol–water partition coefficient (Wildman–Crippen LogP) is 2.09. The van der Waals surface area contributed by atoms with Crippen molar-refractivity contribution in [2.45, 2.75) is 180 Å². The standard InChI is InChI=1S/C40H68O12/c1-35(2)26(52-34-31(47)29(45)22(43)18-50-34)12-14-38(6)25-10-9-24-37(5)13-11-19(36(3,4)48)27(37)23(51-33-30(46)28(44)21(42)17-49-33)16-40(24,8)39(25,7)15-20(41)32(35)38/h19-34,41-48H,9-18H2,1-8H3. The molecule has 0 amide bonds. The third-order valence-electron chi connectivity index (χ3n) is 17.1. The molecule has 7 fully saturated rings. The second kappa shape index (κ2) is 13.0. The van der Waals surface area contributed by atoms with Gasteiger partial charge in [-0.15, -0.1) is 0 Å². The molecule has 2 aliphatic heterocycles. The summed E-state index contributed by atoms with van der Waals surface area (Å²) in [6, 6.07) is 0. The molecule has 0 bridgehead atoms. The topological polar surface area (TPSA) is 199 Å². The van der Waals surface area contributed by atoms with Gasteiger partial charge in [0.2, 0.25) is 0 Å². The van der Waals surface area contributed by atoms with Crippen molar-refractivity contribution in [3.05, 3.63) is 0 Å².